The summed E-state index contributed by atoms with van der Waals surface area (Å²) >= 11 is 0. The summed E-state index contributed by atoms with van der Waals surface area (Å²) < 4.78 is 10.7. The number of unbranched alkanes of at least 4 members (excludes halogenated alkanes) is 16. The summed E-state index contributed by atoms with van der Waals surface area (Å²) in [7, 11) is 0. The van der Waals surface area contributed by atoms with Gasteiger partial charge < -0.3 is 14.6 Å². The summed E-state index contributed by atoms with van der Waals surface area (Å²) in [5.41, 5.74) is -0.509. The molecule has 0 bridgehead atoms. The zero-order valence-corrected chi connectivity index (χ0v) is 23.4. The smallest absolute Gasteiger partial charge is 0.339 e. The van der Waals surface area contributed by atoms with Gasteiger partial charge in [0.1, 0.15) is 0 Å². The molecule has 1 aromatic rings. The van der Waals surface area contributed by atoms with Crippen LogP contribution in [-0.4, -0.2) is 36.2 Å². The molecule has 1 N–H and O–H groups in total. The molecule has 0 heterocycles. The number of hydrogen-bond acceptors (Lipinski definition) is 5. The van der Waals surface area contributed by atoms with Crippen LogP contribution in [0.4, 0.5) is 0 Å². The summed E-state index contributed by atoms with van der Waals surface area (Å²) in [4.78, 5) is 37.2. The van der Waals surface area contributed by atoms with Gasteiger partial charge in [0.05, 0.1) is 29.9 Å². The second-order valence-corrected chi connectivity index (χ2v) is 9.96. The van der Waals surface area contributed by atoms with E-state index in [2.05, 4.69) is 13.8 Å². The number of hydrogen-bond donors (Lipinski definition) is 1. The third-order valence-corrected chi connectivity index (χ3v) is 6.68. The van der Waals surface area contributed by atoms with E-state index < -0.39 is 17.9 Å². The van der Waals surface area contributed by atoms with Gasteiger partial charge in [-0.15, -0.1) is 0 Å². The van der Waals surface area contributed by atoms with E-state index in [1.54, 1.807) is 0 Å². The fourth-order valence-corrected chi connectivity index (χ4v) is 4.43. The number of aromatic carboxylic acids is 1. The number of rotatable bonds is 23. The lowest BCUT2D eigenvalue weighted by atomic mass is 10.0. The molecule has 0 spiro atoms. The largest absolute Gasteiger partial charge is 0.478 e. The number of benzene rings is 1. The van der Waals surface area contributed by atoms with Crippen LogP contribution in [0.2, 0.25) is 0 Å². The van der Waals surface area contributed by atoms with Crippen LogP contribution in [0.1, 0.15) is 160 Å². The number of esters is 2. The minimum atomic E-state index is -1.27. The number of carbonyl (C=O) groups is 3. The average Bonchev–Trinajstić information content (AvgIpc) is 2.90. The van der Waals surface area contributed by atoms with Gasteiger partial charge in [0.25, 0.3) is 0 Å². The highest BCUT2D eigenvalue weighted by Crippen LogP contribution is 2.19. The Bertz CT molecular complexity index is 773. The lowest BCUT2D eigenvalue weighted by Gasteiger charge is -2.12. The Balaban J connectivity index is 2.45. The molecule has 0 aliphatic carbocycles. The summed E-state index contributed by atoms with van der Waals surface area (Å²) in [5.74, 6) is -2.74. The zero-order valence-electron chi connectivity index (χ0n) is 23.4. The van der Waals surface area contributed by atoms with Crippen LogP contribution in [0.3, 0.4) is 0 Å². The summed E-state index contributed by atoms with van der Waals surface area (Å²) in [5, 5.41) is 9.57. The highest BCUT2D eigenvalue weighted by Gasteiger charge is 2.26. The Morgan fingerprint density at radius 1 is 0.568 bits per heavy atom. The number of ether oxygens (including phenoxy) is 2. The minimum absolute atomic E-state index is 0.0482. The molecule has 0 aromatic heterocycles. The van der Waals surface area contributed by atoms with E-state index in [0.29, 0.717) is 6.42 Å². The van der Waals surface area contributed by atoms with Crippen molar-refractivity contribution in [2.75, 3.05) is 13.2 Å². The molecule has 0 saturated carbocycles. The third-order valence-electron chi connectivity index (χ3n) is 6.68. The predicted molar refractivity (Wildman–Crippen MR) is 148 cm³/mol. The fourth-order valence-electron chi connectivity index (χ4n) is 4.43. The monoisotopic (exact) mass is 518 g/mol. The Kier molecular flexibility index (Phi) is 19.1. The van der Waals surface area contributed by atoms with Gasteiger partial charge in [-0.1, -0.05) is 123 Å². The predicted octanol–water partition coefficient (Wildman–Crippen LogP) is 8.76. The second kappa shape index (κ2) is 21.7. The quantitative estimate of drug-likeness (QED) is 0.115. The van der Waals surface area contributed by atoms with Gasteiger partial charge >= 0.3 is 17.9 Å². The molecule has 0 radical (unpaired) electrons. The number of carbonyl (C=O) groups excluding carboxylic acids is 2. The van der Waals surface area contributed by atoms with Crippen LogP contribution in [0.15, 0.2) is 18.2 Å². The maximum absolute atomic E-state index is 12.8. The molecule has 0 atom stereocenters. The zero-order chi connectivity index (χ0) is 27.1. The SMILES string of the molecule is CCCCCCCCCCCOC(=O)c1cccc(C(=O)O)c1C(=O)OCCCCCCCCCCC. The maximum atomic E-state index is 12.8. The van der Waals surface area contributed by atoms with Gasteiger partial charge in [-0.25, -0.2) is 14.4 Å². The van der Waals surface area contributed by atoms with Crippen LogP contribution >= 0.6 is 0 Å². The molecule has 0 aliphatic rings. The van der Waals surface area contributed by atoms with E-state index in [4.69, 9.17) is 9.47 Å². The van der Waals surface area contributed by atoms with Gasteiger partial charge in [-0.2, -0.15) is 0 Å². The second-order valence-electron chi connectivity index (χ2n) is 9.96. The van der Waals surface area contributed by atoms with E-state index in [9.17, 15) is 19.5 Å². The Labute approximate surface area is 224 Å². The van der Waals surface area contributed by atoms with Crippen molar-refractivity contribution in [2.24, 2.45) is 0 Å². The van der Waals surface area contributed by atoms with Crippen molar-refractivity contribution in [3.8, 4) is 0 Å². The average molecular weight is 519 g/mol. The summed E-state index contributed by atoms with van der Waals surface area (Å²) in [6, 6.07) is 4.20. The van der Waals surface area contributed by atoms with Gasteiger partial charge in [-0.3, -0.25) is 0 Å². The van der Waals surface area contributed by atoms with Crippen LogP contribution in [-0.2, 0) is 9.47 Å². The molecule has 0 amide bonds. The van der Waals surface area contributed by atoms with Crippen LogP contribution < -0.4 is 0 Å². The lowest BCUT2D eigenvalue weighted by molar-refractivity contribution is 0.0446. The van der Waals surface area contributed by atoms with E-state index in [-0.39, 0.29) is 29.9 Å². The number of carboxylic acids is 1. The molecule has 6 heteroatoms. The molecule has 210 valence electrons. The topological polar surface area (TPSA) is 89.9 Å². The Morgan fingerprint density at radius 2 is 0.946 bits per heavy atom. The molecule has 1 aromatic carbocycles. The molecule has 0 unspecified atom stereocenters. The third kappa shape index (κ3) is 14.8. The molecule has 0 aliphatic heterocycles. The van der Waals surface area contributed by atoms with Crippen LogP contribution in [0, 0.1) is 0 Å². The molecule has 0 saturated heterocycles. The van der Waals surface area contributed by atoms with Crippen molar-refractivity contribution in [3.05, 3.63) is 34.9 Å². The summed E-state index contributed by atoms with van der Waals surface area (Å²) in [6.45, 7) is 4.87. The van der Waals surface area contributed by atoms with Gasteiger partial charge in [-0.05, 0) is 25.0 Å². The first-order valence-corrected chi connectivity index (χ1v) is 14.7. The van der Waals surface area contributed by atoms with Crippen molar-refractivity contribution >= 4 is 17.9 Å². The standard InChI is InChI=1S/C31H50O6/c1-3-5-7-9-11-13-15-17-19-24-36-30(34)27-23-21-22-26(29(32)33)28(27)31(35)37-25-20-18-16-14-12-10-8-6-4-2/h21-23H,3-20,24-25H2,1-2H3,(H,32,33). The van der Waals surface area contributed by atoms with Gasteiger partial charge in [0, 0.05) is 0 Å². The molecule has 6 nitrogen and oxygen atoms in total. The van der Waals surface area contributed by atoms with Gasteiger partial charge in [0.2, 0.25) is 0 Å². The van der Waals surface area contributed by atoms with Crippen molar-refractivity contribution in [2.45, 2.75) is 129 Å². The van der Waals surface area contributed by atoms with Crippen LogP contribution in [0.25, 0.3) is 0 Å². The molecule has 1 rings (SSSR count). The van der Waals surface area contributed by atoms with E-state index >= 15 is 0 Å². The van der Waals surface area contributed by atoms with E-state index in [0.717, 1.165) is 32.1 Å². The maximum Gasteiger partial charge on any atom is 0.339 e. The van der Waals surface area contributed by atoms with Crippen LogP contribution in [0.5, 0.6) is 0 Å². The Hall–Kier alpha value is -2.37. The highest BCUT2D eigenvalue weighted by atomic mass is 16.5. The highest BCUT2D eigenvalue weighted by molar-refractivity contribution is 6.10. The molecule has 37 heavy (non-hydrogen) atoms. The number of carboxylic acid groups (broad SMARTS) is 1. The molecular weight excluding hydrogens is 468 g/mol. The normalized spacial score (nSPS) is 10.9. The first-order chi connectivity index (χ1) is 18.0. The van der Waals surface area contributed by atoms with Crippen molar-refractivity contribution in [1.82, 2.24) is 0 Å². The van der Waals surface area contributed by atoms with E-state index in [1.807, 2.05) is 0 Å². The summed E-state index contributed by atoms with van der Waals surface area (Å²) in [6.07, 6.45) is 20.7. The first kappa shape index (κ1) is 32.7. The molecule has 0 fully saturated rings. The van der Waals surface area contributed by atoms with E-state index in [1.165, 1.54) is 95.2 Å². The Morgan fingerprint density at radius 3 is 1.38 bits per heavy atom. The molecular formula is C31H50O6. The van der Waals surface area contributed by atoms with Crippen molar-refractivity contribution in [3.63, 3.8) is 0 Å². The first-order valence-electron chi connectivity index (χ1n) is 14.7. The van der Waals surface area contributed by atoms with Crippen molar-refractivity contribution < 1.29 is 29.0 Å². The lowest BCUT2D eigenvalue weighted by Crippen LogP contribution is -2.19. The minimum Gasteiger partial charge on any atom is -0.478 e. The van der Waals surface area contributed by atoms with Gasteiger partial charge in [0.15, 0.2) is 0 Å². The fraction of sp³-hybridized carbons (Fsp3) is 0.710. The van der Waals surface area contributed by atoms with Crippen molar-refractivity contribution in [1.29, 1.82) is 0 Å².